The fraction of sp³-hybridized carbons (Fsp3) is 0.625. The molecule has 0 unspecified atom stereocenters. The molecule has 0 amide bonds. The highest BCUT2D eigenvalue weighted by atomic mass is 19.1. The first-order chi connectivity index (χ1) is 6.60. The molecule has 0 spiro atoms. The lowest BCUT2D eigenvalue weighted by atomic mass is 9.89. The topological polar surface area (TPSA) is 63.3 Å². The average molecular weight is 200 g/mol. The zero-order valence-electron chi connectivity index (χ0n) is 8.18. The minimum absolute atomic E-state index is 0.243. The highest BCUT2D eigenvalue weighted by molar-refractivity contribution is 5.88. The lowest BCUT2D eigenvalue weighted by Gasteiger charge is -2.21. The van der Waals surface area contributed by atoms with Crippen molar-refractivity contribution in [2.75, 3.05) is 6.67 Å². The molecular formula is C8H13FN4O. The van der Waals surface area contributed by atoms with Crippen LogP contribution in [0.1, 0.15) is 13.8 Å². The van der Waals surface area contributed by atoms with Gasteiger partial charge in [-0.15, -0.1) is 0 Å². The number of nitrogens with zero attached hydrogens (tertiary/aromatic N) is 4. The van der Waals surface area contributed by atoms with Crippen LogP contribution in [0.4, 0.5) is 4.39 Å². The van der Waals surface area contributed by atoms with Gasteiger partial charge in [0.2, 0.25) is 0 Å². The summed E-state index contributed by atoms with van der Waals surface area (Å²) in [5, 5.41) is 15.7. The van der Waals surface area contributed by atoms with Crippen molar-refractivity contribution in [3.8, 4) is 0 Å². The van der Waals surface area contributed by atoms with Gasteiger partial charge >= 0.3 is 0 Å². The summed E-state index contributed by atoms with van der Waals surface area (Å²) in [6.07, 6.45) is 2.86. The van der Waals surface area contributed by atoms with E-state index in [0.717, 1.165) is 0 Å². The first-order valence-corrected chi connectivity index (χ1v) is 4.20. The van der Waals surface area contributed by atoms with Gasteiger partial charge in [-0.05, 0) is 0 Å². The van der Waals surface area contributed by atoms with Gasteiger partial charge in [0.25, 0.3) is 0 Å². The lowest BCUT2D eigenvalue weighted by Crippen LogP contribution is -2.30. The van der Waals surface area contributed by atoms with Crippen LogP contribution in [0.25, 0.3) is 0 Å². The van der Waals surface area contributed by atoms with Gasteiger partial charge in [-0.3, -0.25) is 4.39 Å². The molecule has 1 aromatic heterocycles. The van der Waals surface area contributed by atoms with Gasteiger partial charge < -0.3 is 5.21 Å². The van der Waals surface area contributed by atoms with Crippen molar-refractivity contribution in [2.45, 2.75) is 20.4 Å². The van der Waals surface area contributed by atoms with Crippen molar-refractivity contribution in [3.63, 3.8) is 0 Å². The molecule has 5 nitrogen and oxygen atoms in total. The SMILES string of the molecule is CC(C)(CF)C(Cn1cncn1)=NO. The van der Waals surface area contributed by atoms with Crippen LogP contribution < -0.4 is 0 Å². The van der Waals surface area contributed by atoms with Crippen molar-refractivity contribution in [1.29, 1.82) is 0 Å². The van der Waals surface area contributed by atoms with Crippen molar-refractivity contribution in [1.82, 2.24) is 14.8 Å². The van der Waals surface area contributed by atoms with E-state index >= 15 is 0 Å². The summed E-state index contributed by atoms with van der Waals surface area (Å²) in [5.41, 5.74) is -0.439. The number of hydrogen-bond donors (Lipinski definition) is 1. The molecule has 1 rings (SSSR count). The fourth-order valence-electron chi connectivity index (χ4n) is 0.926. The average Bonchev–Trinajstić information content (AvgIpc) is 2.66. The predicted molar refractivity (Wildman–Crippen MR) is 49.0 cm³/mol. The Morgan fingerprint density at radius 1 is 1.64 bits per heavy atom. The molecule has 0 saturated heterocycles. The van der Waals surface area contributed by atoms with E-state index in [4.69, 9.17) is 5.21 Å². The van der Waals surface area contributed by atoms with Crippen molar-refractivity contribution < 1.29 is 9.60 Å². The van der Waals surface area contributed by atoms with Gasteiger partial charge in [0.15, 0.2) is 0 Å². The van der Waals surface area contributed by atoms with Gasteiger partial charge in [0.05, 0.1) is 18.9 Å². The number of aromatic nitrogens is 3. The standard InChI is InChI=1S/C8H13FN4O/c1-8(2,4-9)7(12-14)3-13-6-10-5-11-13/h5-6,14H,3-4H2,1-2H3. The third-order valence-electron chi connectivity index (χ3n) is 2.01. The molecule has 0 radical (unpaired) electrons. The summed E-state index contributed by atoms with van der Waals surface area (Å²) < 4.78 is 14.1. The lowest BCUT2D eigenvalue weighted by molar-refractivity contribution is 0.287. The molecule has 0 aliphatic heterocycles. The largest absolute Gasteiger partial charge is 0.411 e. The monoisotopic (exact) mass is 200 g/mol. The number of rotatable bonds is 4. The Bertz CT molecular complexity index is 307. The Balaban J connectivity index is 2.75. The molecule has 0 atom stereocenters. The van der Waals surface area contributed by atoms with Gasteiger partial charge in [0.1, 0.15) is 12.7 Å². The molecule has 0 aliphatic carbocycles. The number of hydrogen-bond acceptors (Lipinski definition) is 4. The first kappa shape index (κ1) is 10.6. The molecule has 0 saturated carbocycles. The quantitative estimate of drug-likeness (QED) is 0.449. The van der Waals surface area contributed by atoms with Crippen LogP contribution in [-0.4, -0.2) is 32.4 Å². The van der Waals surface area contributed by atoms with E-state index in [0.29, 0.717) is 5.71 Å². The zero-order chi connectivity index (χ0) is 10.6. The van der Waals surface area contributed by atoms with E-state index in [2.05, 4.69) is 15.2 Å². The molecule has 6 heteroatoms. The normalized spacial score (nSPS) is 13.2. The van der Waals surface area contributed by atoms with Crippen LogP contribution in [0.5, 0.6) is 0 Å². The highest BCUT2D eigenvalue weighted by Crippen LogP contribution is 2.19. The minimum atomic E-state index is -0.777. The van der Waals surface area contributed by atoms with Gasteiger partial charge in [-0.2, -0.15) is 5.10 Å². The van der Waals surface area contributed by atoms with Crippen molar-refractivity contribution in [3.05, 3.63) is 12.7 Å². The molecule has 0 aliphatic rings. The molecule has 0 fully saturated rings. The van der Waals surface area contributed by atoms with Gasteiger partial charge in [-0.1, -0.05) is 19.0 Å². The summed E-state index contributed by atoms with van der Waals surface area (Å²) in [7, 11) is 0. The van der Waals surface area contributed by atoms with Crippen LogP contribution in [-0.2, 0) is 6.54 Å². The summed E-state index contributed by atoms with van der Waals surface area (Å²) >= 11 is 0. The Morgan fingerprint density at radius 2 is 2.36 bits per heavy atom. The second kappa shape index (κ2) is 4.17. The summed E-state index contributed by atoms with van der Waals surface area (Å²) in [5.74, 6) is 0. The van der Waals surface area contributed by atoms with E-state index in [1.807, 2.05) is 0 Å². The van der Waals surface area contributed by atoms with Crippen LogP contribution in [0.15, 0.2) is 17.8 Å². The van der Waals surface area contributed by atoms with Gasteiger partial charge in [0, 0.05) is 5.41 Å². The van der Waals surface area contributed by atoms with E-state index in [1.165, 1.54) is 17.3 Å². The van der Waals surface area contributed by atoms with Crippen molar-refractivity contribution in [2.24, 2.45) is 10.6 Å². The van der Waals surface area contributed by atoms with E-state index in [1.54, 1.807) is 13.8 Å². The van der Waals surface area contributed by atoms with Crippen molar-refractivity contribution >= 4 is 5.71 Å². The molecule has 14 heavy (non-hydrogen) atoms. The smallest absolute Gasteiger partial charge is 0.137 e. The Labute approximate surface area is 81.3 Å². The molecule has 0 aromatic carbocycles. The van der Waals surface area contributed by atoms with Crippen LogP contribution in [0.2, 0.25) is 0 Å². The maximum Gasteiger partial charge on any atom is 0.137 e. The molecule has 1 N–H and O–H groups in total. The maximum atomic E-state index is 12.6. The number of alkyl halides is 1. The minimum Gasteiger partial charge on any atom is -0.411 e. The number of halogens is 1. The summed E-state index contributed by atoms with van der Waals surface area (Å²) in [6.45, 7) is 2.99. The molecule has 78 valence electrons. The van der Waals surface area contributed by atoms with E-state index < -0.39 is 12.1 Å². The molecule has 1 heterocycles. The molecule has 0 bridgehead atoms. The summed E-state index contributed by atoms with van der Waals surface area (Å²) in [4.78, 5) is 3.74. The highest BCUT2D eigenvalue weighted by Gasteiger charge is 2.26. The Morgan fingerprint density at radius 3 is 2.79 bits per heavy atom. The first-order valence-electron chi connectivity index (χ1n) is 4.20. The van der Waals surface area contributed by atoms with E-state index in [-0.39, 0.29) is 6.54 Å². The Kier molecular flexibility index (Phi) is 3.16. The predicted octanol–water partition coefficient (Wildman–Crippen LogP) is 1.10. The molecular weight excluding hydrogens is 187 g/mol. The maximum absolute atomic E-state index is 12.6. The van der Waals surface area contributed by atoms with Crippen LogP contribution in [0, 0.1) is 5.41 Å². The Hall–Kier alpha value is -1.46. The van der Waals surface area contributed by atoms with E-state index in [9.17, 15) is 4.39 Å². The van der Waals surface area contributed by atoms with Crippen LogP contribution in [0.3, 0.4) is 0 Å². The second-order valence-electron chi connectivity index (χ2n) is 3.66. The zero-order valence-corrected chi connectivity index (χ0v) is 8.18. The molecule has 1 aromatic rings. The third kappa shape index (κ3) is 2.27. The van der Waals surface area contributed by atoms with Gasteiger partial charge in [-0.25, -0.2) is 9.67 Å². The van der Waals surface area contributed by atoms with Crippen LogP contribution >= 0.6 is 0 Å². The third-order valence-corrected chi connectivity index (χ3v) is 2.01. The summed E-state index contributed by atoms with van der Waals surface area (Å²) in [6, 6.07) is 0. The fourth-order valence-corrected chi connectivity index (χ4v) is 0.926. The number of oxime groups is 1. The second-order valence-corrected chi connectivity index (χ2v) is 3.66.